The molecule has 15 heteroatoms. The van der Waals surface area contributed by atoms with E-state index in [0.29, 0.717) is 43.0 Å². The summed E-state index contributed by atoms with van der Waals surface area (Å²) in [5.74, 6) is -1.37. The quantitative estimate of drug-likeness (QED) is 0.242. The van der Waals surface area contributed by atoms with Crippen LogP contribution in [-0.2, 0) is 27.0 Å². The van der Waals surface area contributed by atoms with E-state index in [0.717, 1.165) is 22.1 Å². The number of carbonyl (C=O) groups excluding carboxylic acids is 1. The Balaban J connectivity index is 1.37. The number of ether oxygens (including phenoxy) is 1. The molecule has 1 aliphatic rings. The minimum atomic E-state index is -4.29. The second-order valence-electron chi connectivity index (χ2n) is 10.9. The molecule has 1 amide bonds. The SMILES string of the molecule is CC(=O)N1CCN(c2ccc(OCCN(CC(O)(Cn3cncn3)c3ccc(F)cc3F)S(=O)(=O)c3ccc(Cl)cc3)cc2)CC1. The van der Waals surface area contributed by atoms with Gasteiger partial charge in [0.1, 0.15) is 42.2 Å². The predicted octanol–water partition coefficient (Wildman–Crippen LogP) is 3.54. The molecule has 1 aromatic heterocycles. The molecule has 1 unspecified atom stereocenters. The molecule has 0 spiro atoms. The molecular formula is C31H33ClF2N6O5S. The molecule has 46 heavy (non-hydrogen) atoms. The van der Waals surface area contributed by atoms with E-state index in [1.165, 1.54) is 41.6 Å². The maximum Gasteiger partial charge on any atom is 0.243 e. The number of carbonyl (C=O) groups is 1. The Morgan fingerprint density at radius 1 is 1.04 bits per heavy atom. The molecule has 0 bridgehead atoms. The Labute approximate surface area is 270 Å². The number of aliphatic hydroxyl groups is 1. The van der Waals surface area contributed by atoms with E-state index in [-0.39, 0.29) is 36.1 Å². The van der Waals surface area contributed by atoms with E-state index in [4.69, 9.17) is 16.3 Å². The van der Waals surface area contributed by atoms with Crippen LogP contribution >= 0.6 is 11.6 Å². The second-order valence-corrected chi connectivity index (χ2v) is 13.3. The molecule has 1 aliphatic heterocycles. The highest BCUT2D eigenvalue weighted by Crippen LogP contribution is 2.30. The van der Waals surface area contributed by atoms with Gasteiger partial charge in [0.05, 0.1) is 11.4 Å². The summed E-state index contributed by atoms with van der Waals surface area (Å²) in [5, 5.41) is 16.2. The second kappa shape index (κ2) is 14.1. The molecular weight excluding hydrogens is 642 g/mol. The molecule has 1 N–H and O–H groups in total. The van der Waals surface area contributed by atoms with Crippen molar-refractivity contribution in [2.45, 2.75) is 24.0 Å². The molecule has 1 saturated heterocycles. The fourth-order valence-corrected chi connectivity index (χ4v) is 6.90. The number of amides is 1. The van der Waals surface area contributed by atoms with Gasteiger partial charge in [0.25, 0.3) is 0 Å². The topological polar surface area (TPSA) is 121 Å². The lowest BCUT2D eigenvalue weighted by atomic mass is 9.92. The van der Waals surface area contributed by atoms with Crippen molar-refractivity contribution in [2.75, 3.05) is 50.8 Å². The number of nitrogens with zero attached hydrogens (tertiary/aromatic N) is 6. The van der Waals surface area contributed by atoms with Gasteiger partial charge in [0.15, 0.2) is 0 Å². The summed E-state index contributed by atoms with van der Waals surface area (Å²) < 4.78 is 64.9. The van der Waals surface area contributed by atoms with Crippen molar-refractivity contribution in [3.05, 3.63) is 102 Å². The van der Waals surface area contributed by atoms with Gasteiger partial charge in [-0.05, 0) is 54.6 Å². The zero-order valence-electron chi connectivity index (χ0n) is 25.0. The number of aromatic nitrogens is 3. The first-order valence-corrected chi connectivity index (χ1v) is 16.3. The van der Waals surface area contributed by atoms with Crippen LogP contribution in [0.2, 0.25) is 5.02 Å². The smallest absolute Gasteiger partial charge is 0.243 e. The van der Waals surface area contributed by atoms with Gasteiger partial charge in [-0.2, -0.15) is 9.40 Å². The van der Waals surface area contributed by atoms with Gasteiger partial charge in [-0.1, -0.05) is 17.7 Å². The third kappa shape index (κ3) is 7.81. The molecule has 0 aliphatic carbocycles. The Kier molecular flexibility index (Phi) is 10.2. The van der Waals surface area contributed by atoms with Crippen molar-refractivity contribution in [1.29, 1.82) is 0 Å². The normalized spacial score (nSPS) is 15.2. The minimum absolute atomic E-state index is 0.0511. The fraction of sp³-hybridized carbons (Fsp3) is 0.323. The Morgan fingerprint density at radius 3 is 2.35 bits per heavy atom. The lowest BCUT2D eigenvalue weighted by Crippen LogP contribution is -2.48. The largest absolute Gasteiger partial charge is 0.492 e. The van der Waals surface area contributed by atoms with E-state index in [2.05, 4.69) is 15.0 Å². The molecule has 3 aromatic carbocycles. The summed E-state index contributed by atoms with van der Waals surface area (Å²) in [5.41, 5.74) is -1.55. The van der Waals surface area contributed by atoms with Crippen molar-refractivity contribution in [3.8, 4) is 5.75 Å². The van der Waals surface area contributed by atoms with Crippen molar-refractivity contribution < 1.29 is 31.8 Å². The lowest BCUT2D eigenvalue weighted by molar-refractivity contribution is -0.129. The first-order chi connectivity index (χ1) is 21.9. The molecule has 11 nitrogen and oxygen atoms in total. The first kappa shape index (κ1) is 33.3. The maximum atomic E-state index is 15.1. The Morgan fingerprint density at radius 2 is 1.74 bits per heavy atom. The van der Waals surface area contributed by atoms with Crippen molar-refractivity contribution >= 4 is 33.2 Å². The van der Waals surface area contributed by atoms with Gasteiger partial charge < -0.3 is 19.6 Å². The summed E-state index contributed by atoms with van der Waals surface area (Å²) in [6.45, 7) is 2.86. The van der Waals surface area contributed by atoms with Crippen LogP contribution in [0.15, 0.2) is 84.3 Å². The third-order valence-electron chi connectivity index (χ3n) is 7.75. The number of benzene rings is 3. The summed E-state index contributed by atoms with van der Waals surface area (Å²) in [6.07, 6.45) is 2.51. The minimum Gasteiger partial charge on any atom is -0.492 e. The molecule has 5 rings (SSSR count). The molecule has 0 saturated carbocycles. The van der Waals surface area contributed by atoms with Crippen LogP contribution in [0.25, 0.3) is 0 Å². The zero-order valence-corrected chi connectivity index (χ0v) is 26.5. The fourth-order valence-electron chi connectivity index (χ4n) is 5.30. The zero-order chi connectivity index (χ0) is 32.9. The van der Waals surface area contributed by atoms with Crippen LogP contribution in [0.5, 0.6) is 5.75 Å². The number of rotatable bonds is 12. The molecule has 2 heterocycles. The number of hydrogen-bond donors (Lipinski definition) is 1. The first-order valence-electron chi connectivity index (χ1n) is 14.4. The van der Waals surface area contributed by atoms with Crippen molar-refractivity contribution in [1.82, 2.24) is 24.0 Å². The standard InChI is InChI=1S/C31H33ClF2N6O5S/c1-23(41)37-12-14-38(15-13-37)26-5-7-27(8-6-26)45-17-16-40(46(43,44)28-9-2-24(32)3-10-28)20-31(42,19-39-22-35-21-36-39)29-11-4-25(33)18-30(29)34/h2-11,18,21-22,42H,12-17,19-20H2,1H3. The van der Waals surface area contributed by atoms with Crippen LogP contribution in [-0.4, -0.2) is 89.3 Å². The van der Waals surface area contributed by atoms with Crippen LogP contribution in [0, 0.1) is 11.6 Å². The van der Waals surface area contributed by atoms with Crippen LogP contribution < -0.4 is 9.64 Å². The third-order valence-corrected chi connectivity index (χ3v) is 9.86. The van der Waals surface area contributed by atoms with Gasteiger partial charge >= 0.3 is 0 Å². The maximum absolute atomic E-state index is 15.1. The van der Waals surface area contributed by atoms with E-state index < -0.39 is 33.8 Å². The van der Waals surface area contributed by atoms with Gasteiger partial charge in [-0.15, -0.1) is 0 Å². The van der Waals surface area contributed by atoms with Crippen molar-refractivity contribution in [3.63, 3.8) is 0 Å². The Bertz CT molecular complexity index is 1740. The van der Waals surface area contributed by atoms with Crippen LogP contribution in [0.4, 0.5) is 14.5 Å². The monoisotopic (exact) mass is 674 g/mol. The average molecular weight is 675 g/mol. The van der Waals surface area contributed by atoms with E-state index >= 15 is 4.39 Å². The van der Waals surface area contributed by atoms with Crippen molar-refractivity contribution in [2.24, 2.45) is 0 Å². The predicted molar refractivity (Wildman–Crippen MR) is 167 cm³/mol. The highest BCUT2D eigenvalue weighted by atomic mass is 35.5. The molecule has 0 radical (unpaired) electrons. The molecule has 1 atom stereocenters. The number of hydrogen-bond acceptors (Lipinski definition) is 8. The Hall–Kier alpha value is -4.11. The highest BCUT2D eigenvalue weighted by molar-refractivity contribution is 7.89. The highest BCUT2D eigenvalue weighted by Gasteiger charge is 2.39. The average Bonchev–Trinajstić information content (AvgIpc) is 3.54. The van der Waals surface area contributed by atoms with E-state index in [1.54, 1.807) is 24.0 Å². The van der Waals surface area contributed by atoms with E-state index in [9.17, 15) is 22.7 Å². The summed E-state index contributed by atoms with van der Waals surface area (Å²) in [7, 11) is -4.29. The molecule has 244 valence electrons. The summed E-state index contributed by atoms with van der Waals surface area (Å²) in [6, 6.07) is 15.5. The molecule has 4 aromatic rings. The van der Waals surface area contributed by atoms with E-state index in [1.807, 2.05) is 12.1 Å². The van der Waals surface area contributed by atoms with Gasteiger partial charge in [-0.25, -0.2) is 26.9 Å². The lowest BCUT2D eigenvalue weighted by Gasteiger charge is -2.35. The molecule has 1 fully saturated rings. The van der Waals surface area contributed by atoms with Gasteiger partial charge in [0.2, 0.25) is 15.9 Å². The summed E-state index contributed by atoms with van der Waals surface area (Å²) >= 11 is 5.99. The van der Waals surface area contributed by atoms with Gasteiger partial charge in [0, 0.05) is 68.5 Å². The van der Waals surface area contributed by atoms with Crippen LogP contribution in [0.1, 0.15) is 12.5 Å². The number of sulfonamides is 1. The number of anilines is 1. The summed E-state index contributed by atoms with van der Waals surface area (Å²) in [4.78, 5) is 19.3. The van der Waals surface area contributed by atoms with Crippen LogP contribution in [0.3, 0.4) is 0 Å². The van der Waals surface area contributed by atoms with Gasteiger partial charge in [-0.3, -0.25) is 4.79 Å². The number of halogens is 3. The number of piperazine rings is 1.